The van der Waals surface area contributed by atoms with Crippen LogP contribution in [0.15, 0.2) is 12.3 Å². The summed E-state index contributed by atoms with van der Waals surface area (Å²) in [6.07, 6.45) is -0.0246. The molecule has 4 fully saturated rings. The Labute approximate surface area is 263 Å². The highest BCUT2D eigenvalue weighted by atomic mass is 31.2. The molecule has 1 saturated carbocycles. The van der Waals surface area contributed by atoms with E-state index in [2.05, 4.69) is 0 Å². The third kappa shape index (κ3) is 8.84. The van der Waals surface area contributed by atoms with E-state index in [1.807, 2.05) is 0 Å². The fourth-order valence-corrected chi connectivity index (χ4v) is 6.27. The van der Waals surface area contributed by atoms with Crippen molar-refractivity contribution in [2.75, 3.05) is 66.6 Å². The molecule has 3 saturated heterocycles. The zero-order valence-corrected chi connectivity index (χ0v) is 26.1. The second-order valence-electron chi connectivity index (χ2n) is 11.2. The fraction of sp³-hybridized carbons (Fsp3) is 0.846. The molecule has 1 N–H and O–H groups in total. The maximum atomic E-state index is 14.8. The van der Waals surface area contributed by atoms with Crippen LogP contribution < -0.4 is 0 Å². The summed E-state index contributed by atoms with van der Waals surface area (Å²) in [7, 11) is -4.72. The van der Waals surface area contributed by atoms with Crippen LogP contribution in [0.2, 0.25) is 0 Å². The summed E-state index contributed by atoms with van der Waals surface area (Å²) in [5, 5.41) is 11.5. The van der Waals surface area contributed by atoms with E-state index >= 15 is 0 Å². The van der Waals surface area contributed by atoms with Gasteiger partial charge in [-0.05, 0) is 25.8 Å². The SMILES string of the molecule is C[C@@]1([C@@H](O)N2C=CCOOC2)OC2(CCCC2)O[C@@H]1[C@@H](CF)COP(=O)(OCOC(=O)OC1COC1)OCOC(=O)OC1COC1. The number of halogens is 1. The summed E-state index contributed by atoms with van der Waals surface area (Å²) in [6.45, 7) is -1.29. The summed E-state index contributed by atoms with van der Waals surface area (Å²) in [5.74, 6) is -2.28. The van der Waals surface area contributed by atoms with Crippen molar-refractivity contribution in [2.45, 2.75) is 68.5 Å². The predicted molar refractivity (Wildman–Crippen MR) is 144 cm³/mol. The van der Waals surface area contributed by atoms with Gasteiger partial charge < -0.3 is 47.9 Å². The maximum absolute atomic E-state index is 14.8. The highest BCUT2D eigenvalue weighted by Gasteiger charge is 2.62. The second-order valence-corrected chi connectivity index (χ2v) is 12.9. The predicted octanol–water partition coefficient (Wildman–Crippen LogP) is 2.25. The van der Waals surface area contributed by atoms with Crippen LogP contribution in [0.25, 0.3) is 0 Å². The first kappa shape index (κ1) is 35.2. The van der Waals surface area contributed by atoms with Gasteiger partial charge in [0.05, 0.1) is 39.7 Å². The average Bonchev–Trinajstić information content (AvgIpc) is 3.44. The summed E-state index contributed by atoms with van der Waals surface area (Å²) in [4.78, 5) is 35.2. The molecule has 46 heavy (non-hydrogen) atoms. The van der Waals surface area contributed by atoms with Crippen molar-refractivity contribution in [3.05, 3.63) is 12.3 Å². The smallest absolute Gasteiger partial charge is 0.426 e. The van der Waals surface area contributed by atoms with Gasteiger partial charge in [0.15, 0.2) is 31.0 Å². The number of hydrogen-bond donors (Lipinski definition) is 1. The third-order valence-corrected chi connectivity index (χ3v) is 9.15. The van der Waals surface area contributed by atoms with Gasteiger partial charge in [0.1, 0.15) is 18.3 Å². The Balaban J connectivity index is 1.24. The molecule has 18 nitrogen and oxygen atoms in total. The molecule has 0 bridgehead atoms. The zero-order valence-electron chi connectivity index (χ0n) is 25.2. The number of carbonyl (C=O) groups is 2. The van der Waals surface area contributed by atoms with E-state index in [9.17, 15) is 23.7 Å². The number of rotatable bonds is 15. The lowest BCUT2D eigenvalue weighted by molar-refractivity contribution is -0.315. The zero-order chi connectivity index (χ0) is 32.6. The normalized spacial score (nSPS) is 27.8. The summed E-state index contributed by atoms with van der Waals surface area (Å²) in [6, 6.07) is 0. The molecule has 0 aromatic heterocycles. The Hall–Kier alpha value is -2.16. The molecular weight excluding hydrogens is 648 g/mol. The Morgan fingerprint density at radius 3 is 2.15 bits per heavy atom. The van der Waals surface area contributed by atoms with Crippen LogP contribution in [-0.4, -0.2) is 125 Å². The Morgan fingerprint density at radius 1 is 1.00 bits per heavy atom. The molecule has 1 aliphatic carbocycles. The van der Waals surface area contributed by atoms with Crippen LogP contribution in [-0.2, 0) is 65.8 Å². The second kappa shape index (κ2) is 15.8. The Morgan fingerprint density at radius 2 is 1.61 bits per heavy atom. The van der Waals surface area contributed by atoms with Crippen molar-refractivity contribution in [3.63, 3.8) is 0 Å². The van der Waals surface area contributed by atoms with Crippen molar-refractivity contribution in [3.8, 4) is 0 Å². The molecular formula is C26H39FNO17P. The standard InChI is InChI=1S/C26H39FNO17P/c1-25(22(29)28-7-4-8-37-38-15-28)21(44-26(45-25)5-2-3-6-26)18(9-27)10-39-46(32,40-16-35-23(30)42-19-11-33-12-19)41-17-36-24(31)43-20-13-34-14-20/h4,7,18-22,29H,2-3,5-6,8-17H2,1H3/t18-,21+,22+,25+/m0/s1. The van der Waals surface area contributed by atoms with E-state index in [1.54, 1.807) is 19.2 Å². The molecule has 4 aliphatic heterocycles. The number of ether oxygens (including phenoxy) is 8. The first-order chi connectivity index (χ1) is 22.1. The van der Waals surface area contributed by atoms with Gasteiger partial charge in [-0.3, -0.25) is 8.91 Å². The van der Waals surface area contributed by atoms with E-state index in [1.165, 1.54) is 4.90 Å². The Bertz CT molecular complexity index is 1060. The van der Waals surface area contributed by atoms with Crippen molar-refractivity contribution >= 4 is 20.1 Å². The van der Waals surface area contributed by atoms with Crippen molar-refractivity contribution in [1.29, 1.82) is 0 Å². The molecule has 4 atom stereocenters. The minimum absolute atomic E-state index is 0.147. The number of carbonyl (C=O) groups excluding carboxylic acids is 2. The molecule has 0 radical (unpaired) electrons. The molecule has 5 rings (SSSR count). The molecule has 20 heteroatoms. The van der Waals surface area contributed by atoms with Gasteiger partial charge in [-0.1, -0.05) is 0 Å². The third-order valence-electron chi connectivity index (χ3n) is 7.84. The van der Waals surface area contributed by atoms with Gasteiger partial charge in [-0.25, -0.2) is 33.0 Å². The van der Waals surface area contributed by atoms with E-state index < -0.39 is 88.8 Å². The minimum atomic E-state index is -4.72. The van der Waals surface area contributed by atoms with E-state index in [4.69, 9.17) is 61.2 Å². The monoisotopic (exact) mass is 687 g/mol. The summed E-state index contributed by atoms with van der Waals surface area (Å²) >= 11 is 0. The number of phosphoric ester groups is 1. The van der Waals surface area contributed by atoms with Crippen LogP contribution in [0, 0.1) is 5.92 Å². The van der Waals surface area contributed by atoms with Crippen molar-refractivity contribution in [1.82, 2.24) is 4.90 Å². The van der Waals surface area contributed by atoms with Gasteiger partial charge in [0.2, 0.25) is 13.6 Å². The molecule has 5 aliphatic rings. The van der Waals surface area contributed by atoms with Gasteiger partial charge in [0, 0.05) is 25.0 Å². The van der Waals surface area contributed by atoms with Gasteiger partial charge >= 0.3 is 20.1 Å². The van der Waals surface area contributed by atoms with Crippen LogP contribution in [0.4, 0.5) is 14.0 Å². The minimum Gasteiger partial charge on any atom is -0.426 e. The molecule has 262 valence electrons. The van der Waals surface area contributed by atoms with Crippen LogP contribution in [0.3, 0.4) is 0 Å². The van der Waals surface area contributed by atoms with Crippen LogP contribution >= 0.6 is 7.82 Å². The molecule has 0 aromatic carbocycles. The molecule has 0 unspecified atom stereocenters. The maximum Gasteiger partial charge on any atom is 0.510 e. The number of hydrogen-bond acceptors (Lipinski definition) is 18. The van der Waals surface area contributed by atoms with Crippen molar-refractivity contribution < 1.29 is 84.9 Å². The Kier molecular flexibility index (Phi) is 12.1. The molecule has 0 aromatic rings. The fourth-order valence-electron chi connectivity index (χ4n) is 5.31. The number of aliphatic hydroxyl groups is 1. The van der Waals surface area contributed by atoms with E-state index in [0.29, 0.717) is 12.8 Å². The highest BCUT2D eigenvalue weighted by Crippen LogP contribution is 2.53. The molecule has 1 spiro atoms. The first-order valence-corrected chi connectivity index (χ1v) is 16.2. The van der Waals surface area contributed by atoms with E-state index in [0.717, 1.165) is 12.8 Å². The first-order valence-electron chi connectivity index (χ1n) is 14.8. The molecule has 4 heterocycles. The number of phosphoric acid groups is 1. The van der Waals surface area contributed by atoms with Crippen LogP contribution in [0.1, 0.15) is 32.6 Å². The molecule has 0 amide bonds. The summed E-state index contributed by atoms with van der Waals surface area (Å²) in [5.41, 5.74) is -1.54. The largest absolute Gasteiger partial charge is 0.510 e. The number of aliphatic hydroxyl groups excluding tert-OH is 1. The summed E-state index contributed by atoms with van der Waals surface area (Å²) < 4.78 is 86.0. The van der Waals surface area contributed by atoms with Gasteiger partial charge in [0.25, 0.3) is 0 Å². The lowest BCUT2D eigenvalue weighted by atomic mass is 9.87. The average molecular weight is 688 g/mol. The highest BCUT2D eigenvalue weighted by molar-refractivity contribution is 7.48. The number of alkyl halides is 1. The van der Waals surface area contributed by atoms with Crippen LogP contribution in [0.5, 0.6) is 0 Å². The van der Waals surface area contributed by atoms with E-state index in [-0.39, 0.29) is 39.8 Å². The lowest BCUT2D eigenvalue weighted by Crippen LogP contribution is -2.58. The quantitative estimate of drug-likeness (QED) is 0.114. The number of nitrogens with zero attached hydrogens (tertiary/aromatic N) is 1. The van der Waals surface area contributed by atoms with Gasteiger partial charge in [-0.2, -0.15) is 0 Å². The lowest BCUT2D eigenvalue weighted by Gasteiger charge is -2.40. The van der Waals surface area contributed by atoms with Gasteiger partial charge in [-0.15, -0.1) is 0 Å². The van der Waals surface area contributed by atoms with Crippen molar-refractivity contribution in [2.24, 2.45) is 5.92 Å². The topological polar surface area (TPSA) is 195 Å².